The van der Waals surface area contributed by atoms with Gasteiger partial charge in [-0.15, -0.1) is 0 Å². The van der Waals surface area contributed by atoms with Crippen molar-refractivity contribution in [2.75, 3.05) is 6.61 Å². The minimum absolute atomic E-state index is 0.0813. The Morgan fingerprint density at radius 3 is 2.56 bits per heavy atom. The molecule has 2 aromatic heterocycles. The molecule has 9 heteroatoms. The Morgan fingerprint density at radius 1 is 1.21 bits per heavy atom. The van der Waals surface area contributed by atoms with Crippen molar-refractivity contribution in [3.05, 3.63) is 58.7 Å². The number of para-hydroxylation sites is 1. The summed E-state index contributed by atoms with van der Waals surface area (Å²) < 4.78 is 11.8. The van der Waals surface area contributed by atoms with E-state index < -0.39 is 24.3 Å². The molecule has 0 aliphatic heterocycles. The summed E-state index contributed by atoms with van der Waals surface area (Å²) in [4.78, 5) is 21.3. The van der Waals surface area contributed by atoms with Crippen LogP contribution >= 0.6 is 0 Å². The summed E-state index contributed by atoms with van der Waals surface area (Å²) in [7, 11) is 0. The zero-order valence-electron chi connectivity index (χ0n) is 20.3. The summed E-state index contributed by atoms with van der Waals surface area (Å²) >= 11 is 0. The number of carbonyl (C=O) groups excluding carboxylic acids is 1. The van der Waals surface area contributed by atoms with Crippen molar-refractivity contribution in [2.24, 2.45) is 0 Å². The summed E-state index contributed by atoms with van der Waals surface area (Å²) in [5, 5.41) is 26.9. The number of hydrogen-bond acceptors (Lipinski definition) is 8. The molecular weight excluding hydrogens is 436 g/mol. The highest BCUT2D eigenvalue weighted by molar-refractivity contribution is 5.77. The Labute approximate surface area is 199 Å². The molecule has 3 N–H and O–H groups in total. The molecule has 34 heavy (non-hydrogen) atoms. The van der Waals surface area contributed by atoms with Gasteiger partial charge >= 0.3 is 0 Å². The zero-order valence-corrected chi connectivity index (χ0v) is 20.3. The number of aryl methyl sites for hydroxylation is 4. The second-order valence-electron chi connectivity index (χ2n) is 8.10. The summed E-state index contributed by atoms with van der Waals surface area (Å²) in [5.41, 5.74) is 2.46. The highest BCUT2D eigenvalue weighted by Crippen LogP contribution is 2.34. The number of aromatic nitrogens is 3. The van der Waals surface area contributed by atoms with Crippen LogP contribution in [0.2, 0.25) is 0 Å². The van der Waals surface area contributed by atoms with E-state index in [4.69, 9.17) is 9.26 Å². The van der Waals surface area contributed by atoms with Crippen LogP contribution < -0.4 is 10.1 Å². The quantitative estimate of drug-likeness (QED) is 0.387. The molecule has 3 rings (SSSR count). The fourth-order valence-electron chi connectivity index (χ4n) is 3.82. The van der Waals surface area contributed by atoms with Gasteiger partial charge in [-0.2, -0.15) is 4.98 Å². The fourth-order valence-corrected chi connectivity index (χ4v) is 3.82. The molecule has 0 aliphatic rings. The second kappa shape index (κ2) is 10.8. The molecule has 2 unspecified atom stereocenters. The van der Waals surface area contributed by atoms with Crippen molar-refractivity contribution >= 4 is 5.91 Å². The molecule has 9 nitrogen and oxygen atoms in total. The number of aliphatic hydroxyl groups is 2. The Hall–Kier alpha value is -3.30. The maximum Gasteiger partial charge on any atom is 0.272 e. The van der Waals surface area contributed by atoms with E-state index in [1.54, 1.807) is 6.20 Å². The van der Waals surface area contributed by atoms with Crippen molar-refractivity contribution in [3.8, 4) is 17.2 Å². The molecule has 2 atom stereocenters. The second-order valence-corrected chi connectivity index (χ2v) is 8.10. The number of hydrogen-bond donors (Lipinski definition) is 3. The van der Waals surface area contributed by atoms with E-state index in [1.807, 2.05) is 52.0 Å². The minimum atomic E-state index is -1.90. The van der Waals surface area contributed by atoms with Crippen LogP contribution in [0.3, 0.4) is 0 Å². The van der Waals surface area contributed by atoms with Gasteiger partial charge in [-0.25, -0.2) is 0 Å². The fraction of sp³-hybridized carbons (Fsp3) is 0.440. The Kier molecular flexibility index (Phi) is 8.01. The monoisotopic (exact) mass is 468 g/mol. The first-order valence-electron chi connectivity index (χ1n) is 11.5. The smallest absolute Gasteiger partial charge is 0.272 e. The van der Waals surface area contributed by atoms with E-state index in [0.717, 1.165) is 35.2 Å². The van der Waals surface area contributed by atoms with Crippen LogP contribution in [-0.4, -0.2) is 44.0 Å². The van der Waals surface area contributed by atoms with E-state index >= 15 is 0 Å². The van der Waals surface area contributed by atoms with Crippen molar-refractivity contribution in [3.63, 3.8) is 0 Å². The maximum absolute atomic E-state index is 12.3. The van der Waals surface area contributed by atoms with Crippen LogP contribution in [-0.2, 0) is 29.8 Å². The number of pyridine rings is 1. The van der Waals surface area contributed by atoms with Crippen molar-refractivity contribution in [1.82, 2.24) is 20.4 Å². The van der Waals surface area contributed by atoms with Gasteiger partial charge in [-0.1, -0.05) is 44.1 Å². The molecule has 1 amide bonds. The molecule has 2 heterocycles. The topological polar surface area (TPSA) is 131 Å². The molecule has 0 saturated heterocycles. The number of carbonyl (C=O) groups is 1. The Morgan fingerprint density at radius 2 is 1.94 bits per heavy atom. The number of amides is 1. The van der Waals surface area contributed by atoms with Gasteiger partial charge in [0.2, 0.25) is 11.7 Å². The predicted molar refractivity (Wildman–Crippen MR) is 126 cm³/mol. The highest BCUT2D eigenvalue weighted by atomic mass is 16.5. The average Bonchev–Trinajstić information content (AvgIpc) is 3.34. The van der Waals surface area contributed by atoms with E-state index in [1.165, 1.54) is 6.92 Å². The molecule has 0 saturated carbocycles. The van der Waals surface area contributed by atoms with E-state index in [2.05, 4.69) is 20.4 Å². The van der Waals surface area contributed by atoms with E-state index in [9.17, 15) is 15.0 Å². The highest BCUT2D eigenvalue weighted by Gasteiger charge is 2.47. The first-order valence-corrected chi connectivity index (χ1v) is 11.5. The minimum Gasteiger partial charge on any atom is -0.457 e. The molecule has 0 fully saturated rings. The van der Waals surface area contributed by atoms with Crippen molar-refractivity contribution in [2.45, 2.75) is 65.7 Å². The normalized spacial score (nSPS) is 13.9. The maximum atomic E-state index is 12.3. The van der Waals surface area contributed by atoms with Crippen LogP contribution in [0, 0.1) is 6.92 Å². The number of ether oxygens (including phenoxy) is 1. The average molecular weight is 469 g/mol. The predicted octanol–water partition coefficient (Wildman–Crippen LogP) is 2.85. The lowest BCUT2D eigenvalue weighted by Gasteiger charge is -2.35. The number of nitrogens with zero attached hydrogens (tertiary/aromatic N) is 3. The summed E-state index contributed by atoms with van der Waals surface area (Å²) in [6.07, 6.45) is 2.62. The van der Waals surface area contributed by atoms with Crippen LogP contribution in [0.4, 0.5) is 0 Å². The molecule has 0 bridgehead atoms. The molecular formula is C25H32N4O5. The van der Waals surface area contributed by atoms with Crippen LogP contribution in [0.5, 0.6) is 5.75 Å². The summed E-state index contributed by atoms with van der Waals surface area (Å²) in [6.45, 7) is 8.57. The van der Waals surface area contributed by atoms with Gasteiger partial charge in [0.05, 0.1) is 5.56 Å². The molecule has 0 aliphatic carbocycles. The molecule has 1 aromatic carbocycles. The molecule has 0 radical (unpaired) electrons. The number of nitrogens with one attached hydrogen (secondary N) is 1. The molecule has 182 valence electrons. The third kappa shape index (κ3) is 4.95. The molecule has 0 spiro atoms. The van der Waals surface area contributed by atoms with Crippen LogP contribution in [0.1, 0.15) is 55.9 Å². The third-order valence-corrected chi connectivity index (χ3v) is 5.78. The largest absolute Gasteiger partial charge is 0.457 e. The Balaban J connectivity index is 2.13. The van der Waals surface area contributed by atoms with Crippen molar-refractivity contribution < 1.29 is 24.3 Å². The van der Waals surface area contributed by atoms with Gasteiger partial charge in [0, 0.05) is 11.9 Å². The standard InChI is InChI=1S/C25H32N4O5/c1-6-17-11-9-10-15(4)22(17)33-25(16(5)31,28-21(32)14-30)24-27-23(34-29-24)19-12-18(7-2)20(8-3)26-13-19/h9-13,16,30-31H,6-8,14H2,1-5H3,(H,28,32). The zero-order chi connectivity index (χ0) is 24.9. The van der Waals surface area contributed by atoms with Gasteiger partial charge in [0.1, 0.15) is 18.5 Å². The first-order chi connectivity index (χ1) is 16.3. The number of benzene rings is 1. The van der Waals surface area contributed by atoms with Gasteiger partial charge in [0.15, 0.2) is 0 Å². The lowest BCUT2D eigenvalue weighted by molar-refractivity contribution is -0.140. The first kappa shape index (κ1) is 25.3. The summed E-state index contributed by atoms with van der Waals surface area (Å²) in [6, 6.07) is 7.61. The van der Waals surface area contributed by atoms with Crippen LogP contribution in [0.25, 0.3) is 11.5 Å². The SMILES string of the molecule is CCc1cc(-c2nc(C(NC(=O)CO)(Oc3c(C)cccc3CC)C(C)O)no2)cnc1CC. The van der Waals surface area contributed by atoms with Gasteiger partial charge in [-0.05, 0) is 55.9 Å². The lowest BCUT2D eigenvalue weighted by atomic mass is 10.0. The van der Waals surface area contributed by atoms with E-state index in [0.29, 0.717) is 17.7 Å². The summed E-state index contributed by atoms with van der Waals surface area (Å²) in [5.74, 6) is -0.187. The Bertz CT molecular complexity index is 1140. The van der Waals surface area contributed by atoms with Crippen molar-refractivity contribution in [1.29, 1.82) is 0 Å². The lowest BCUT2D eigenvalue weighted by Crippen LogP contribution is -2.58. The van der Waals surface area contributed by atoms with Gasteiger partial charge in [-0.3, -0.25) is 9.78 Å². The number of rotatable bonds is 10. The van der Waals surface area contributed by atoms with Gasteiger partial charge < -0.3 is 24.8 Å². The van der Waals surface area contributed by atoms with Gasteiger partial charge in [0.25, 0.3) is 11.6 Å². The third-order valence-electron chi connectivity index (χ3n) is 5.78. The number of aliphatic hydroxyl groups excluding tert-OH is 2. The van der Waals surface area contributed by atoms with E-state index in [-0.39, 0.29) is 11.7 Å². The van der Waals surface area contributed by atoms with Crippen LogP contribution in [0.15, 0.2) is 35.0 Å². The molecule has 3 aromatic rings.